The van der Waals surface area contributed by atoms with Gasteiger partial charge in [-0.05, 0) is 42.0 Å². The van der Waals surface area contributed by atoms with Crippen molar-refractivity contribution >= 4 is 22.5 Å². The Hall–Kier alpha value is -3.91. The Labute approximate surface area is 170 Å². The third-order valence-electron chi connectivity index (χ3n) is 4.49. The minimum absolute atomic E-state index is 0.341. The second kappa shape index (κ2) is 8.62. The highest BCUT2D eigenvalue weighted by Crippen LogP contribution is 2.13. The monoisotopic (exact) mass is 405 g/mol. The van der Waals surface area contributed by atoms with Crippen molar-refractivity contribution in [3.63, 3.8) is 0 Å². The summed E-state index contributed by atoms with van der Waals surface area (Å²) in [5.41, 5.74) is 0.703. The molecule has 1 amide bonds. The van der Waals surface area contributed by atoms with Gasteiger partial charge in [0.25, 0.3) is 5.56 Å². The van der Waals surface area contributed by atoms with Crippen LogP contribution in [0.2, 0.25) is 0 Å². The first-order valence-electron chi connectivity index (χ1n) is 9.31. The topological polar surface area (TPSA) is 106 Å². The van der Waals surface area contributed by atoms with Crippen LogP contribution in [0.5, 0.6) is 0 Å². The molecule has 30 heavy (non-hydrogen) atoms. The van der Waals surface area contributed by atoms with Crippen LogP contribution in [0.15, 0.2) is 80.9 Å². The zero-order chi connectivity index (χ0) is 20.9. The van der Waals surface area contributed by atoms with E-state index in [4.69, 9.17) is 9.15 Å². The predicted octanol–water partition coefficient (Wildman–Crippen LogP) is 2.64. The molecule has 0 aliphatic heterocycles. The minimum atomic E-state index is -0.631. The number of H-pyrrole nitrogens is 1. The van der Waals surface area contributed by atoms with Gasteiger partial charge in [0.2, 0.25) is 5.91 Å². The van der Waals surface area contributed by atoms with Crippen molar-refractivity contribution in [2.75, 3.05) is 5.32 Å². The molecule has 2 aromatic heterocycles. The Morgan fingerprint density at radius 2 is 1.90 bits per heavy atom. The molecule has 0 saturated heterocycles. The number of fused-ring (bicyclic) bond motifs is 1. The fourth-order valence-corrected chi connectivity index (χ4v) is 3.09. The molecule has 152 valence electrons. The third kappa shape index (κ3) is 4.39. The lowest BCUT2D eigenvalue weighted by Crippen LogP contribution is -2.38. The number of nitrogens with one attached hydrogen (secondary N) is 2. The quantitative estimate of drug-likeness (QED) is 0.492. The van der Waals surface area contributed by atoms with Gasteiger partial charge in [0.05, 0.1) is 23.8 Å². The zero-order valence-electron chi connectivity index (χ0n) is 16.0. The van der Waals surface area contributed by atoms with E-state index < -0.39 is 23.7 Å². The lowest BCUT2D eigenvalue weighted by Gasteiger charge is -2.09. The van der Waals surface area contributed by atoms with Gasteiger partial charge in [-0.2, -0.15) is 0 Å². The molecule has 0 spiro atoms. The van der Waals surface area contributed by atoms with Crippen LogP contribution in [0.3, 0.4) is 0 Å². The summed E-state index contributed by atoms with van der Waals surface area (Å²) in [5, 5.41) is 3.06. The average Bonchev–Trinajstić information content (AvgIpc) is 3.25. The van der Waals surface area contributed by atoms with Crippen molar-refractivity contribution in [1.82, 2.24) is 9.55 Å². The number of carbonyl (C=O) groups excluding carboxylic acids is 1. The lowest BCUT2D eigenvalue weighted by atomic mass is 10.2. The molecule has 0 unspecified atom stereocenters. The van der Waals surface area contributed by atoms with E-state index in [-0.39, 0.29) is 0 Å². The highest BCUT2D eigenvalue weighted by Gasteiger charge is 2.11. The maximum atomic E-state index is 12.5. The molecule has 2 N–H and O–H groups in total. The van der Waals surface area contributed by atoms with Gasteiger partial charge in [0, 0.05) is 5.69 Å². The van der Waals surface area contributed by atoms with Crippen molar-refractivity contribution < 1.29 is 13.9 Å². The van der Waals surface area contributed by atoms with Crippen molar-refractivity contribution in [2.24, 2.45) is 0 Å². The molecule has 8 nitrogen and oxygen atoms in total. The number of aromatic amines is 1. The SMILES string of the molecule is O=C(Cn1c(=O)[nH]c2ccccc2c1=O)Nc1cccc(COCc2ccco2)c1. The number of furan rings is 1. The Kier molecular flexibility index (Phi) is 5.58. The summed E-state index contributed by atoms with van der Waals surface area (Å²) >= 11 is 0. The summed E-state index contributed by atoms with van der Waals surface area (Å²) in [7, 11) is 0. The second-order valence-corrected chi connectivity index (χ2v) is 6.69. The number of hydrogen-bond donors (Lipinski definition) is 2. The third-order valence-corrected chi connectivity index (χ3v) is 4.49. The predicted molar refractivity (Wildman–Crippen MR) is 111 cm³/mol. The van der Waals surface area contributed by atoms with Gasteiger partial charge in [-0.15, -0.1) is 0 Å². The smallest absolute Gasteiger partial charge is 0.329 e. The number of carbonyl (C=O) groups is 1. The molecule has 0 fully saturated rings. The van der Waals surface area contributed by atoms with E-state index in [2.05, 4.69) is 10.3 Å². The van der Waals surface area contributed by atoms with Crippen LogP contribution >= 0.6 is 0 Å². The molecule has 0 atom stereocenters. The molecule has 0 radical (unpaired) electrons. The normalized spacial score (nSPS) is 10.9. The molecule has 4 aromatic rings. The Morgan fingerprint density at radius 3 is 2.73 bits per heavy atom. The van der Waals surface area contributed by atoms with Gasteiger partial charge in [-0.25, -0.2) is 4.79 Å². The number of ether oxygens (including phenoxy) is 1. The molecule has 0 aliphatic rings. The molecule has 0 bridgehead atoms. The minimum Gasteiger partial charge on any atom is -0.467 e. The Morgan fingerprint density at radius 1 is 1.03 bits per heavy atom. The Balaban J connectivity index is 1.42. The summed E-state index contributed by atoms with van der Waals surface area (Å²) in [6.45, 7) is 0.295. The first-order chi connectivity index (χ1) is 14.6. The molecule has 4 rings (SSSR count). The maximum Gasteiger partial charge on any atom is 0.329 e. The number of rotatable bonds is 7. The fourth-order valence-electron chi connectivity index (χ4n) is 3.09. The highest BCUT2D eigenvalue weighted by molar-refractivity contribution is 5.90. The van der Waals surface area contributed by atoms with Crippen molar-refractivity contribution in [1.29, 1.82) is 0 Å². The number of benzene rings is 2. The second-order valence-electron chi connectivity index (χ2n) is 6.69. The van der Waals surface area contributed by atoms with Crippen LogP contribution in [0.4, 0.5) is 5.69 Å². The van der Waals surface area contributed by atoms with Crippen molar-refractivity contribution in [3.05, 3.63) is 99.1 Å². The van der Waals surface area contributed by atoms with Crippen LogP contribution in [0, 0.1) is 0 Å². The number of nitrogens with zero attached hydrogens (tertiary/aromatic N) is 1. The van der Waals surface area contributed by atoms with Crippen LogP contribution in [0.25, 0.3) is 10.9 Å². The molecule has 2 heterocycles. The van der Waals surface area contributed by atoms with E-state index in [0.29, 0.717) is 29.8 Å². The summed E-state index contributed by atoms with van der Waals surface area (Å²) in [4.78, 5) is 39.8. The highest BCUT2D eigenvalue weighted by atomic mass is 16.5. The van der Waals surface area contributed by atoms with Crippen molar-refractivity contribution in [2.45, 2.75) is 19.8 Å². The fraction of sp³-hybridized carbons (Fsp3) is 0.136. The molecular weight excluding hydrogens is 386 g/mol. The van der Waals surface area contributed by atoms with E-state index in [1.165, 1.54) is 0 Å². The number of aromatic nitrogens is 2. The zero-order valence-corrected chi connectivity index (χ0v) is 16.0. The van der Waals surface area contributed by atoms with Gasteiger partial charge in [-0.1, -0.05) is 24.3 Å². The molecular formula is C22H19N3O5. The van der Waals surface area contributed by atoms with E-state index in [1.54, 1.807) is 54.8 Å². The van der Waals surface area contributed by atoms with E-state index in [9.17, 15) is 14.4 Å². The number of para-hydroxylation sites is 1. The van der Waals surface area contributed by atoms with Gasteiger partial charge < -0.3 is 19.5 Å². The van der Waals surface area contributed by atoms with Gasteiger partial charge >= 0.3 is 5.69 Å². The Bertz CT molecular complexity index is 1290. The van der Waals surface area contributed by atoms with Crippen LogP contribution < -0.4 is 16.6 Å². The van der Waals surface area contributed by atoms with Crippen molar-refractivity contribution in [3.8, 4) is 0 Å². The van der Waals surface area contributed by atoms with Crippen LogP contribution in [-0.2, 0) is 29.3 Å². The van der Waals surface area contributed by atoms with E-state index in [0.717, 1.165) is 15.9 Å². The summed E-state index contributed by atoms with van der Waals surface area (Å²) < 4.78 is 11.7. The summed E-state index contributed by atoms with van der Waals surface area (Å²) in [6.07, 6.45) is 1.58. The van der Waals surface area contributed by atoms with Gasteiger partial charge in [0.15, 0.2) is 0 Å². The summed E-state index contributed by atoms with van der Waals surface area (Å²) in [5.74, 6) is 0.247. The van der Waals surface area contributed by atoms with E-state index in [1.807, 2.05) is 12.1 Å². The number of amides is 1. The first kappa shape index (κ1) is 19.4. The lowest BCUT2D eigenvalue weighted by molar-refractivity contribution is -0.116. The number of hydrogen-bond acceptors (Lipinski definition) is 5. The molecule has 8 heteroatoms. The maximum absolute atomic E-state index is 12.5. The standard InChI is InChI=1S/C22H19N3O5/c26-20(12-25-21(27)18-8-1-2-9-19(18)24-22(25)28)23-16-6-3-5-15(11-16)13-29-14-17-7-4-10-30-17/h1-11H,12-14H2,(H,23,26)(H,24,28). The number of anilines is 1. The average molecular weight is 405 g/mol. The summed E-state index contributed by atoms with van der Waals surface area (Å²) in [6, 6.07) is 17.4. The molecule has 0 aliphatic carbocycles. The van der Waals surface area contributed by atoms with Crippen LogP contribution in [0.1, 0.15) is 11.3 Å². The molecule has 2 aromatic carbocycles. The van der Waals surface area contributed by atoms with Gasteiger partial charge in [0.1, 0.15) is 18.9 Å². The van der Waals surface area contributed by atoms with Gasteiger partial charge in [-0.3, -0.25) is 14.2 Å². The molecule has 0 saturated carbocycles. The first-order valence-corrected chi connectivity index (χ1v) is 9.31. The van der Waals surface area contributed by atoms with Crippen LogP contribution in [-0.4, -0.2) is 15.5 Å². The largest absolute Gasteiger partial charge is 0.467 e. The van der Waals surface area contributed by atoms with E-state index >= 15 is 0 Å².